The van der Waals surface area contributed by atoms with Crippen LogP contribution in [-0.2, 0) is 19.5 Å². The summed E-state index contributed by atoms with van der Waals surface area (Å²) in [5.41, 5.74) is 1.12. The molecule has 0 spiro atoms. The second-order valence-corrected chi connectivity index (χ2v) is 6.97. The van der Waals surface area contributed by atoms with E-state index >= 15 is 0 Å². The Balaban J connectivity index is 1.76. The highest BCUT2D eigenvalue weighted by atomic mass is 32.1. The molecule has 0 aromatic carbocycles. The van der Waals surface area contributed by atoms with Gasteiger partial charge in [-0.05, 0) is 43.7 Å². The van der Waals surface area contributed by atoms with Crippen LogP contribution in [0, 0.1) is 6.92 Å². The van der Waals surface area contributed by atoms with Crippen LogP contribution in [0.15, 0.2) is 0 Å². The van der Waals surface area contributed by atoms with Crippen LogP contribution in [0.4, 0.5) is 13.2 Å². The lowest BCUT2D eigenvalue weighted by Crippen LogP contribution is -2.29. The maximum absolute atomic E-state index is 12.6. The predicted octanol–water partition coefficient (Wildman–Crippen LogP) is 2.51. The van der Waals surface area contributed by atoms with Gasteiger partial charge in [0.2, 0.25) is 0 Å². The van der Waals surface area contributed by atoms with E-state index in [1.807, 2.05) is 18.9 Å². The maximum Gasteiger partial charge on any atom is 0.408 e. The number of nitrogens with zero attached hydrogens (tertiary/aromatic N) is 6. The molecule has 2 aromatic heterocycles. The van der Waals surface area contributed by atoms with Crippen LogP contribution >= 0.6 is 11.3 Å². The normalized spacial score (nSPS) is 18.4. The molecule has 3 rings (SSSR count). The Labute approximate surface area is 135 Å². The van der Waals surface area contributed by atoms with Gasteiger partial charge in [-0.2, -0.15) is 13.2 Å². The van der Waals surface area contributed by atoms with Crippen LogP contribution < -0.4 is 0 Å². The lowest BCUT2D eigenvalue weighted by molar-refractivity contribution is -0.143. The molecule has 10 heteroatoms. The molecule has 0 radical (unpaired) electrons. The van der Waals surface area contributed by atoms with Gasteiger partial charge in [0.1, 0.15) is 6.54 Å². The monoisotopic (exact) mass is 346 g/mol. The fraction of sp³-hybridized carbons (Fsp3) is 0.692. The Bertz CT molecular complexity index is 680. The largest absolute Gasteiger partial charge is 0.408 e. The van der Waals surface area contributed by atoms with E-state index in [0.717, 1.165) is 34.6 Å². The Morgan fingerprint density at radius 2 is 2.17 bits per heavy atom. The van der Waals surface area contributed by atoms with Crippen molar-refractivity contribution in [2.45, 2.75) is 51.5 Å². The Kier molecular flexibility index (Phi) is 4.37. The first-order chi connectivity index (χ1) is 10.8. The molecular formula is C13H17F3N6S. The third-order valence-electron chi connectivity index (χ3n) is 3.89. The zero-order valence-electron chi connectivity index (χ0n) is 12.8. The van der Waals surface area contributed by atoms with Gasteiger partial charge in [-0.1, -0.05) is 0 Å². The molecule has 0 aliphatic heterocycles. The second kappa shape index (κ2) is 6.16. The highest BCUT2D eigenvalue weighted by molar-refractivity contribution is 7.11. The van der Waals surface area contributed by atoms with Crippen molar-refractivity contribution in [1.82, 2.24) is 30.1 Å². The number of aryl methyl sites for hydroxylation is 2. The van der Waals surface area contributed by atoms with E-state index in [9.17, 15) is 13.2 Å². The summed E-state index contributed by atoms with van der Waals surface area (Å²) < 4.78 is 38.5. The van der Waals surface area contributed by atoms with Gasteiger partial charge in [0.15, 0.2) is 5.82 Å². The zero-order chi connectivity index (χ0) is 16.6. The fourth-order valence-corrected chi connectivity index (χ4v) is 4.08. The van der Waals surface area contributed by atoms with E-state index in [0.29, 0.717) is 0 Å². The first-order valence-electron chi connectivity index (χ1n) is 7.32. The highest BCUT2D eigenvalue weighted by Gasteiger charge is 2.32. The summed E-state index contributed by atoms with van der Waals surface area (Å²) in [4.78, 5) is 7.77. The predicted molar refractivity (Wildman–Crippen MR) is 77.9 cm³/mol. The molecule has 0 fully saturated rings. The van der Waals surface area contributed by atoms with Gasteiger partial charge in [-0.25, -0.2) is 9.67 Å². The van der Waals surface area contributed by atoms with Crippen LogP contribution in [0.5, 0.6) is 0 Å². The molecule has 1 aliphatic rings. The number of tetrazole rings is 1. The van der Waals surface area contributed by atoms with Gasteiger partial charge in [0, 0.05) is 10.9 Å². The average molecular weight is 346 g/mol. The van der Waals surface area contributed by atoms with Crippen molar-refractivity contribution >= 4 is 11.3 Å². The van der Waals surface area contributed by atoms with Crippen molar-refractivity contribution in [1.29, 1.82) is 0 Å². The molecular weight excluding hydrogens is 329 g/mol. The molecule has 0 saturated carbocycles. The molecule has 0 bridgehead atoms. The minimum atomic E-state index is -4.34. The van der Waals surface area contributed by atoms with Crippen LogP contribution in [-0.4, -0.2) is 43.3 Å². The van der Waals surface area contributed by atoms with Crippen LogP contribution in [0.3, 0.4) is 0 Å². The van der Waals surface area contributed by atoms with Crippen molar-refractivity contribution in [3.05, 3.63) is 21.4 Å². The smallest absolute Gasteiger partial charge is 0.291 e. The van der Waals surface area contributed by atoms with Gasteiger partial charge < -0.3 is 0 Å². The number of thiazole rings is 1. The number of hydrogen-bond donors (Lipinski definition) is 0. The van der Waals surface area contributed by atoms with Crippen LogP contribution in [0.2, 0.25) is 0 Å². The Hall–Kier alpha value is -1.55. The van der Waals surface area contributed by atoms with E-state index in [-0.39, 0.29) is 18.4 Å². The Morgan fingerprint density at radius 3 is 2.91 bits per heavy atom. The molecule has 6 nitrogen and oxygen atoms in total. The van der Waals surface area contributed by atoms with Crippen molar-refractivity contribution in [3.63, 3.8) is 0 Å². The van der Waals surface area contributed by atoms with E-state index in [2.05, 4.69) is 20.5 Å². The van der Waals surface area contributed by atoms with Crippen molar-refractivity contribution in [3.8, 4) is 0 Å². The van der Waals surface area contributed by atoms with Gasteiger partial charge in [-0.15, -0.1) is 16.4 Å². The SMILES string of the molecule is Cc1nc2c(s1)[C@@H](N(C)Cc1nnnn1CC(F)(F)F)CCC2. The number of fused-ring (bicyclic) bond motifs is 1. The molecule has 0 saturated heterocycles. The number of aromatic nitrogens is 5. The molecule has 126 valence electrons. The average Bonchev–Trinajstić information content (AvgIpc) is 3.02. The quantitative estimate of drug-likeness (QED) is 0.851. The number of rotatable bonds is 4. The minimum Gasteiger partial charge on any atom is -0.291 e. The van der Waals surface area contributed by atoms with Gasteiger partial charge >= 0.3 is 6.18 Å². The minimum absolute atomic E-state index is 0.154. The third-order valence-corrected chi connectivity index (χ3v) is 5.00. The van der Waals surface area contributed by atoms with Gasteiger partial charge in [0.25, 0.3) is 0 Å². The molecule has 1 aliphatic carbocycles. The third kappa shape index (κ3) is 3.69. The number of alkyl halides is 3. The summed E-state index contributed by atoms with van der Waals surface area (Å²) in [5, 5.41) is 11.6. The molecule has 2 aromatic rings. The standard InChI is InChI=1S/C13H17F3N6S/c1-8-17-9-4-3-5-10(12(9)23-8)21(2)6-11-18-19-20-22(11)7-13(14,15)16/h10H,3-7H2,1-2H3/t10-/m0/s1. The lowest BCUT2D eigenvalue weighted by Gasteiger charge is -2.30. The van der Waals surface area contributed by atoms with Crippen molar-refractivity contribution in [2.75, 3.05) is 7.05 Å². The van der Waals surface area contributed by atoms with E-state index < -0.39 is 12.7 Å². The van der Waals surface area contributed by atoms with E-state index in [1.54, 1.807) is 11.3 Å². The van der Waals surface area contributed by atoms with Gasteiger partial charge in [-0.3, -0.25) is 4.90 Å². The molecule has 2 heterocycles. The summed E-state index contributed by atoms with van der Waals surface area (Å²) in [6.07, 6.45) is -1.38. The summed E-state index contributed by atoms with van der Waals surface area (Å²) in [5.74, 6) is 0.221. The summed E-state index contributed by atoms with van der Waals surface area (Å²) in [6.45, 7) is 1.08. The fourth-order valence-electron chi connectivity index (χ4n) is 2.90. The molecule has 0 unspecified atom stereocenters. The molecule has 0 amide bonds. The van der Waals surface area contributed by atoms with Crippen molar-refractivity contribution in [2.24, 2.45) is 0 Å². The van der Waals surface area contributed by atoms with Crippen LogP contribution in [0.25, 0.3) is 0 Å². The van der Waals surface area contributed by atoms with E-state index in [1.165, 1.54) is 4.88 Å². The first kappa shape index (κ1) is 16.3. The maximum atomic E-state index is 12.6. The van der Waals surface area contributed by atoms with Crippen molar-refractivity contribution < 1.29 is 13.2 Å². The summed E-state index contributed by atoms with van der Waals surface area (Å²) in [7, 11) is 1.89. The lowest BCUT2D eigenvalue weighted by atomic mass is 9.97. The number of halogens is 3. The van der Waals surface area contributed by atoms with E-state index in [4.69, 9.17) is 0 Å². The van der Waals surface area contributed by atoms with Crippen LogP contribution in [0.1, 0.15) is 40.3 Å². The second-order valence-electron chi connectivity index (χ2n) is 5.73. The molecule has 23 heavy (non-hydrogen) atoms. The Morgan fingerprint density at radius 1 is 1.39 bits per heavy atom. The topological polar surface area (TPSA) is 59.7 Å². The molecule has 1 atom stereocenters. The number of hydrogen-bond acceptors (Lipinski definition) is 6. The molecule has 0 N–H and O–H groups in total. The summed E-state index contributed by atoms with van der Waals surface area (Å²) in [6, 6.07) is 0.154. The highest BCUT2D eigenvalue weighted by Crippen LogP contribution is 2.37. The zero-order valence-corrected chi connectivity index (χ0v) is 13.7. The van der Waals surface area contributed by atoms with Gasteiger partial charge in [0.05, 0.1) is 17.2 Å². The first-order valence-corrected chi connectivity index (χ1v) is 8.13. The summed E-state index contributed by atoms with van der Waals surface area (Å²) >= 11 is 1.66.